The topological polar surface area (TPSA) is 76.7 Å². The predicted octanol–water partition coefficient (Wildman–Crippen LogP) is 3.98. The normalized spacial score (nSPS) is 31.0. The Bertz CT molecular complexity index is 895. The SMILES string of the molecule is CC(C)C[C@H](NC(=O)CNC(=O)c1ccccc1Br)B1O[C@@H]2C[C@@H]3C[C@@H](C3(C)C)[C@]2(C)O1. The number of rotatable bonds is 7. The van der Waals surface area contributed by atoms with Crippen LogP contribution in [0, 0.1) is 23.2 Å². The average Bonchev–Trinajstić information content (AvgIpc) is 3.08. The highest BCUT2D eigenvalue weighted by Gasteiger charge is 2.68. The summed E-state index contributed by atoms with van der Waals surface area (Å²) in [5.41, 5.74) is 0.465. The van der Waals surface area contributed by atoms with Gasteiger partial charge in [-0.25, -0.2) is 0 Å². The molecule has 2 amide bonds. The largest absolute Gasteiger partial charge is 0.481 e. The van der Waals surface area contributed by atoms with Crippen LogP contribution in [-0.2, 0) is 14.1 Å². The number of hydrogen-bond donors (Lipinski definition) is 2. The van der Waals surface area contributed by atoms with Crippen molar-refractivity contribution < 1.29 is 18.9 Å². The molecule has 1 saturated heterocycles. The summed E-state index contributed by atoms with van der Waals surface area (Å²) < 4.78 is 13.7. The fourth-order valence-corrected chi connectivity index (χ4v) is 6.44. The van der Waals surface area contributed by atoms with Gasteiger partial charge in [-0.2, -0.15) is 0 Å². The first-order chi connectivity index (χ1) is 15.0. The summed E-state index contributed by atoms with van der Waals surface area (Å²) in [6.45, 7) is 11.0. The molecule has 4 aliphatic rings. The summed E-state index contributed by atoms with van der Waals surface area (Å²) in [7, 11) is -0.467. The lowest BCUT2D eigenvalue weighted by molar-refractivity contribution is -0.199. The minimum atomic E-state index is -0.467. The minimum absolute atomic E-state index is 0.0750. The third kappa shape index (κ3) is 4.26. The van der Waals surface area contributed by atoms with Gasteiger partial charge in [-0.1, -0.05) is 39.8 Å². The number of halogens is 1. The Labute approximate surface area is 199 Å². The summed E-state index contributed by atoms with van der Waals surface area (Å²) in [6.07, 6.45) is 3.03. The van der Waals surface area contributed by atoms with Crippen molar-refractivity contribution in [3.8, 4) is 0 Å². The standard InChI is InChI=1S/C24H34BBrN2O4/c1-14(2)10-20(28-21(29)13-27-22(30)16-8-6-7-9-17(16)26)25-31-19-12-15-11-18(23(15,3)4)24(19,5)32-25/h6-9,14-15,18-20H,10-13H2,1-5H3,(H,27,30)(H,28,29)/t15-,18-,19+,20-,24-/m0/s1. The number of benzene rings is 1. The molecule has 2 N–H and O–H groups in total. The van der Waals surface area contributed by atoms with Crippen LogP contribution in [0.5, 0.6) is 0 Å². The van der Waals surface area contributed by atoms with Crippen molar-refractivity contribution in [2.24, 2.45) is 23.2 Å². The second kappa shape index (κ2) is 8.77. The highest BCUT2D eigenvalue weighted by atomic mass is 79.9. The van der Waals surface area contributed by atoms with E-state index in [1.165, 1.54) is 6.42 Å². The average molecular weight is 505 g/mol. The smallest absolute Gasteiger partial charge is 0.404 e. The highest BCUT2D eigenvalue weighted by molar-refractivity contribution is 9.10. The van der Waals surface area contributed by atoms with E-state index in [1.54, 1.807) is 18.2 Å². The fourth-order valence-electron chi connectivity index (χ4n) is 5.98. The molecule has 2 bridgehead atoms. The van der Waals surface area contributed by atoms with Crippen LogP contribution in [0.15, 0.2) is 28.7 Å². The Morgan fingerprint density at radius 1 is 1.22 bits per heavy atom. The van der Waals surface area contributed by atoms with Gasteiger partial charge in [0.05, 0.1) is 29.8 Å². The van der Waals surface area contributed by atoms with Gasteiger partial charge in [0.2, 0.25) is 5.91 Å². The molecule has 174 valence electrons. The molecule has 1 heterocycles. The maximum atomic E-state index is 12.7. The molecule has 8 heteroatoms. The van der Waals surface area contributed by atoms with Gasteiger partial charge in [-0.15, -0.1) is 0 Å². The van der Waals surface area contributed by atoms with Crippen molar-refractivity contribution in [3.05, 3.63) is 34.3 Å². The lowest BCUT2D eigenvalue weighted by atomic mass is 9.43. The molecule has 0 spiro atoms. The summed E-state index contributed by atoms with van der Waals surface area (Å²) >= 11 is 3.37. The monoisotopic (exact) mass is 504 g/mol. The third-order valence-corrected chi connectivity index (χ3v) is 8.59. The summed E-state index contributed by atoms with van der Waals surface area (Å²) in [5.74, 6) is 0.727. The first-order valence-corrected chi connectivity index (χ1v) is 12.5. The number of amides is 2. The highest BCUT2D eigenvalue weighted by Crippen LogP contribution is 2.65. The van der Waals surface area contributed by atoms with Gasteiger partial charge in [0, 0.05) is 4.47 Å². The van der Waals surface area contributed by atoms with Crippen molar-refractivity contribution in [2.75, 3.05) is 6.54 Å². The summed E-state index contributed by atoms with van der Waals surface area (Å²) in [6, 6.07) is 7.15. The van der Waals surface area contributed by atoms with Crippen molar-refractivity contribution in [1.29, 1.82) is 0 Å². The molecule has 32 heavy (non-hydrogen) atoms. The Morgan fingerprint density at radius 2 is 1.94 bits per heavy atom. The number of nitrogens with one attached hydrogen (secondary N) is 2. The molecule has 1 aromatic rings. The van der Waals surface area contributed by atoms with Gasteiger partial charge >= 0.3 is 7.12 Å². The minimum Gasteiger partial charge on any atom is -0.404 e. The van der Waals surface area contributed by atoms with Gasteiger partial charge in [0.1, 0.15) is 0 Å². The Balaban J connectivity index is 1.38. The van der Waals surface area contributed by atoms with Gasteiger partial charge in [0.25, 0.3) is 5.91 Å². The van der Waals surface area contributed by atoms with E-state index in [0.29, 0.717) is 27.8 Å². The van der Waals surface area contributed by atoms with Crippen molar-refractivity contribution in [3.63, 3.8) is 0 Å². The molecule has 0 aromatic heterocycles. The van der Waals surface area contributed by atoms with E-state index in [1.807, 2.05) is 6.07 Å². The first-order valence-electron chi connectivity index (χ1n) is 11.7. The molecule has 5 atom stereocenters. The molecular formula is C24H34BBrN2O4. The molecule has 4 fully saturated rings. The lowest BCUT2D eigenvalue weighted by Gasteiger charge is -2.64. The molecule has 0 unspecified atom stereocenters. The zero-order chi connectivity index (χ0) is 23.3. The molecule has 3 saturated carbocycles. The van der Waals surface area contributed by atoms with E-state index in [2.05, 4.69) is 61.2 Å². The Morgan fingerprint density at radius 3 is 2.59 bits per heavy atom. The molecular weight excluding hydrogens is 471 g/mol. The molecule has 3 aliphatic carbocycles. The summed E-state index contributed by atoms with van der Waals surface area (Å²) in [4.78, 5) is 25.2. The molecule has 0 radical (unpaired) electrons. The van der Waals surface area contributed by atoms with Crippen LogP contribution in [0.2, 0.25) is 0 Å². The van der Waals surface area contributed by atoms with Gasteiger partial charge in [0.15, 0.2) is 0 Å². The van der Waals surface area contributed by atoms with Crippen LogP contribution in [0.1, 0.15) is 64.2 Å². The Hall–Kier alpha value is -1.38. The van der Waals surface area contributed by atoms with Crippen molar-refractivity contribution in [2.45, 2.75) is 71.5 Å². The van der Waals surface area contributed by atoms with Crippen LogP contribution in [0.4, 0.5) is 0 Å². The quantitative estimate of drug-likeness (QED) is 0.550. The zero-order valence-corrected chi connectivity index (χ0v) is 21.2. The fraction of sp³-hybridized carbons (Fsp3) is 0.667. The lowest BCUT2D eigenvalue weighted by Crippen LogP contribution is -2.65. The first kappa shape index (κ1) is 23.8. The molecule has 1 aliphatic heterocycles. The van der Waals surface area contributed by atoms with Crippen LogP contribution >= 0.6 is 15.9 Å². The maximum Gasteiger partial charge on any atom is 0.481 e. The van der Waals surface area contributed by atoms with Crippen LogP contribution < -0.4 is 10.6 Å². The Kier molecular flexibility index (Phi) is 6.51. The van der Waals surface area contributed by atoms with Crippen molar-refractivity contribution in [1.82, 2.24) is 10.6 Å². The van der Waals surface area contributed by atoms with Gasteiger partial charge in [-0.05, 0) is 77.4 Å². The predicted molar refractivity (Wildman–Crippen MR) is 128 cm³/mol. The molecule has 5 rings (SSSR count). The third-order valence-electron chi connectivity index (χ3n) is 7.90. The van der Waals surface area contributed by atoms with E-state index in [9.17, 15) is 9.59 Å². The maximum absolute atomic E-state index is 12.7. The number of carbonyl (C=O) groups is 2. The van der Waals surface area contributed by atoms with E-state index in [0.717, 1.165) is 12.8 Å². The van der Waals surface area contributed by atoms with Crippen LogP contribution in [-0.4, -0.2) is 43.1 Å². The van der Waals surface area contributed by atoms with Crippen LogP contribution in [0.3, 0.4) is 0 Å². The molecule has 1 aromatic carbocycles. The van der Waals surface area contributed by atoms with E-state index in [4.69, 9.17) is 9.31 Å². The second-order valence-corrected chi connectivity index (χ2v) is 11.7. The van der Waals surface area contributed by atoms with E-state index < -0.39 is 7.12 Å². The molecule has 6 nitrogen and oxygen atoms in total. The van der Waals surface area contributed by atoms with E-state index in [-0.39, 0.29) is 41.4 Å². The summed E-state index contributed by atoms with van der Waals surface area (Å²) in [5, 5.41) is 5.78. The number of hydrogen-bond acceptors (Lipinski definition) is 4. The zero-order valence-electron chi connectivity index (χ0n) is 19.6. The van der Waals surface area contributed by atoms with Crippen LogP contribution in [0.25, 0.3) is 0 Å². The second-order valence-electron chi connectivity index (χ2n) is 10.8. The van der Waals surface area contributed by atoms with Gasteiger partial charge < -0.3 is 19.9 Å². The van der Waals surface area contributed by atoms with Crippen molar-refractivity contribution >= 4 is 34.9 Å². The van der Waals surface area contributed by atoms with Gasteiger partial charge in [-0.3, -0.25) is 9.59 Å². The number of carbonyl (C=O) groups excluding carboxylic acids is 2. The van der Waals surface area contributed by atoms with E-state index >= 15 is 0 Å².